The van der Waals surface area contributed by atoms with Crippen LogP contribution >= 0.6 is 0 Å². The Morgan fingerprint density at radius 3 is 2.81 bits per heavy atom. The molecule has 21 heavy (non-hydrogen) atoms. The molecule has 7 heteroatoms. The second kappa shape index (κ2) is 5.99. The predicted molar refractivity (Wildman–Crippen MR) is 78.3 cm³/mol. The molecule has 0 unspecified atom stereocenters. The van der Waals surface area contributed by atoms with E-state index in [4.69, 9.17) is 15.7 Å². The van der Waals surface area contributed by atoms with Gasteiger partial charge >= 0.3 is 0 Å². The Labute approximate surface area is 123 Å². The molecule has 1 aromatic rings. The maximum absolute atomic E-state index is 12.4. The molecule has 0 radical (unpaired) electrons. The lowest BCUT2D eigenvalue weighted by Crippen LogP contribution is -2.54. The number of hydrogen-bond donors (Lipinski definition) is 3. The van der Waals surface area contributed by atoms with Gasteiger partial charge in [-0.15, -0.1) is 0 Å². The van der Waals surface area contributed by atoms with Crippen LogP contribution in [0.25, 0.3) is 0 Å². The monoisotopic (exact) mass is 292 g/mol. The van der Waals surface area contributed by atoms with Crippen LogP contribution < -0.4 is 15.8 Å². The van der Waals surface area contributed by atoms with Gasteiger partial charge in [0.25, 0.3) is 0 Å². The third-order valence-corrected chi connectivity index (χ3v) is 3.71. The summed E-state index contributed by atoms with van der Waals surface area (Å²) in [5.74, 6) is 0.548. The molecule has 1 heterocycles. The minimum absolute atomic E-state index is 0.0444. The van der Waals surface area contributed by atoms with Crippen LogP contribution in [0.1, 0.15) is 26.7 Å². The number of nitrogens with two attached hydrogens (primary N) is 1. The molecule has 4 N–H and O–H groups in total. The Hall–Kier alpha value is -2.31. The van der Waals surface area contributed by atoms with Crippen molar-refractivity contribution >= 4 is 17.4 Å². The molecule has 0 spiro atoms. The molecule has 0 bridgehead atoms. The first kappa shape index (κ1) is 15.1. The number of amidine groups is 1. The van der Waals surface area contributed by atoms with Gasteiger partial charge < -0.3 is 21.0 Å². The average molecular weight is 292 g/mol. The van der Waals surface area contributed by atoms with Gasteiger partial charge in [0.1, 0.15) is 5.41 Å². The van der Waals surface area contributed by atoms with E-state index in [2.05, 4.69) is 15.5 Å². The highest BCUT2D eigenvalue weighted by Crippen LogP contribution is 2.46. The first-order valence-electron chi connectivity index (χ1n) is 6.90. The van der Waals surface area contributed by atoms with Crippen LogP contribution in [0.4, 0.5) is 5.69 Å². The normalized spacial score (nSPS) is 25.0. The second-order valence-electron chi connectivity index (χ2n) is 5.35. The van der Waals surface area contributed by atoms with E-state index >= 15 is 0 Å². The highest BCUT2D eigenvalue weighted by atomic mass is 16.5. The molecule has 7 nitrogen and oxygen atoms in total. The number of carbonyl (C=O) groups excluding carboxylic acids is 1. The van der Waals surface area contributed by atoms with Gasteiger partial charge in [-0.3, -0.25) is 4.79 Å². The summed E-state index contributed by atoms with van der Waals surface area (Å²) in [6.07, 6.45) is 2.66. The van der Waals surface area contributed by atoms with Gasteiger partial charge in [0, 0.05) is 6.07 Å². The number of nitrogens with zero attached hydrogens (tertiary/aromatic N) is 2. The lowest BCUT2D eigenvalue weighted by atomic mass is 9.61. The highest BCUT2D eigenvalue weighted by molar-refractivity contribution is 6.12. The van der Waals surface area contributed by atoms with Crippen LogP contribution in [0.2, 0.25) is 0 Å². The maximum Gasteiger partial charge on any atom is 0.238 e. The zero-order valence-electron chi connectivity index (χ0n) is 12.2. The van der Waals surface area contributed by atoms with Gasteiger partial charge in [-0.25, -0.2) is 4.98 Å². The van der Waals surface area contributed by atoms with E-state index in [0.717, 1.165) is 0 Å². The van der Waals surface area contributed by atoms with Gasteiger partial charge in [-0.1, -0.05) is 12.1 Å². The molecule has 0 aromatic carbocycles. The van der Waals surface area contributed by atoms with Crippen LogP contribution in [0, 0.1) is 11.3 Å². The number of amides is 1. The largest absolute Gasteiger partial charge is 0.478 e. The fourth-order valence-electron chi connectivity index (χ4n) is 2.67. The standard InChI is InChI=1S/C14H20N4O3/c1-3-21-11-5-4-10(8-16-11)17-13(19)14(12(15)18-20)6-9(2)7-14/h4-5,8-9,20H,3,6-7H2,1-2H3,(H2,15,18)(H,17,19). The van der Waals surface area contributed by atoms with Crippen molar-refractivity contribution in [3.05, 3.63) is 18.3 Å². The van der Waals surface area contributed by atoms with E-state index in [1.807, 2.05) is 13.8 Å². The summed E-state index contributed by atoms with van der Waals surface area (Å²) < 4.78 is 5.24. The van der Waals surface area contributed by atoms with Gasteiger partial charge in [-0.2, -0.15) is 0 Å². The molecule has 2 rings (SSSR count). The number of nitrogens with one attached hydrogen (secondary N) is 1. The van der Waals surface area contributed by atoms with Gasteiger partial charge in [0.15, 0.2) is 5.84 Å². The lowest BCUT2D eigenvalue weighted by molar-refractivity contribution is -0.127. The number of ether oxygens (including phenoxy) is 1. The minimum atomic E-state index is -0.924. The fourth-order valence-corrected chi connectivity index (χ4v) is 2.67. The molecule has 1 aliphatic rings. The van der Waals surface area contributed by atoms with Crippen LogP contribution in [0.5, 0.6) is 5.88 Å². The number of carbonyl (C=O) groups is 1. The van der Waals surface area contributed by atoms with E-state index in [1.165, 1.54) is 6.20 Å². The first-order chi connectivity index (χ1) is 10.0. The number of oxime groups is 1. The average Bonchev–Trinajstić information content (AvgIpc) is 2.45. The molecule has 0 aliphatic heterocycles. The molecular weight excluding hydrogens is 272 g/mol. The van der Waals surface area contributed by atoms with Crippen molar-refractivity contribution in [3.8, 4) is 5.88 Å². The Bertz CT molecular complexity index is 536. The molecule has 0 atom stereocenters. The van der Waals surface area contributed by atoms with Crippen molar-refractivity contribution in [3.63, 3.8) is 0 Å². The highest BCUT2D eigenvalue weighted by Gasteiger charge is 2.52. The number of rotatable bonds is 5. The van der Waals surface area contributed by atoms with Crippen molar-refractivity contribution in [2.24, 2.45) is 22.2 Å². The Balaban J connectivity index is 2.09. The van der Waals surface area contributed by atoms with Crippen LogP contribution in [0.3, 0.4) is 0 Å². The molecule has 1 aromatic heterocycles. The molecular formula is C14H20N4O3. The van der Waals surface area contributed by atoms with Gasteiger partial charge in [-0.05, 0) is 31.7 Å². The molecule has 1 aliphatic carbocycles. The summed E-state index contributed by atoms with van der Waals surface area (Å²) in [7, 11) is 0. The topological polar surface area (TPSA) is 110 Å². The number of anilines is 1. The van der Waals surface area contributed by atoms with Crippen molar-refractivity contribution in [2.45, 2.75) is 26.7 Å². The summed E-state index contributed by atoms with van der Waals surface area (Å²) >= 11 is 0. The van der Waals surface area contributed by atoms with Crippen molar-refractivity contribution < 1.29 is 14.7 Å². The van der Waals surface area contributed by atoms with E-state index in [-0.39, 0.29) is 11.7 Å². The van der Waals surface area contributed by atoms with E-state index in [0.29, 0.717) is 36.9 Å². The number of aromatic nitrogens is 1. The summed E-state index contributed by atoms with van der Waals surface area (Å²) in [6, 6.07) is 3.39. The molecule has 1 fully saturated rings. The Kier molecular flexibility index (Phi) is 4.30. The van der Waals surface area contributed by atoms with Crippen LogP contribution in [0.15, 0.2) is 23.5 Å². The second-order valence-corrected chi connectivity index (χ2v) is 5.35. The third-order valence-electron chi connectivity index (χ3n) is 3.71. The molecule has 1 amide bonds. The minimum Gasteiger partial charge on any atom is -0.478 e. The van der Waals surface area contributed by atoms with E-state index in [9.17, 15) is 4.79 Å². The van der Waals surface area contributed by atoms with Crippen molar-refractivity contribution in [1.29, 1.82) is 0 Å². The van der Waals surface area contributed by atoms with Gasteiger partial charge in [0.05, 0.1) is 18.5 Å². The van der Waals surface area contributed by atoms with E-state index < -0.39 is 5.41 Å². The third kappa shape index (κ3) is 2.91. The summed E-state index contributed by atoms with van der Waals surface area (Å²) in [6.45, 7) is 4.42. The number of hydrogen-bond acceptors (Lipinski definition) is 5. The Morgan fingerprint density at radius 2 is 2.33 bits per heavy atom. The van der Waals surface area contributed by atoms with E-state index in [1.54, 1.807) is 12.1 Å². The van der Waals surface area contributed by atoms with Crippen molar-refractivity contribution in [2.75, 3.05) is 11.9 Å². The zero-order chi connectivity index (χ0) is 15.5. The summed E-state index contributed by atoms with van der Waals surface area (Å²) in [5.41, 5.74) is 5.32. The Morgan fingerprint density at radius 1 is 1.62 bits per heavy atom. The van der Waals surface area contributed by atoms with Gasteiger partial charge in [0.2, 0.25) is 11.8 Å². The quantitative estimate of drug-likeness (QED) is 0.330. The SMILES string of the molecule is CCOc1ccc(NC(=O)C2(/C(N)=N/O)CC(C)C2)cn1. The smallest absolute Gasteiger partial charge is 0.238 e. The van der Waals surface area contributed by atoms with Crippen molar-refractivity contribution in [1.82, 2.24) is 4.98 Å². The van der Waals surface area contributed by atoms with Crippen LogP contribution in [-0.2, 0) is 4.79 Å². The van der Waals surface area contributed by atoms with Crippen LogP contribution in [-0.4, -0.2) is 28.5 Å². The summed E-state index contributed by atoms with van der Waals surface area (Å²) in [5, 5.41) is 14.7. The summed E-state index contributed by atoms with van der Waals surface area (Å²) in [4.78, 5) is 16.5. The molecule has 114 valence electrons. The zero-order valence-corrected chi connectivity index (χ0v) is 12.2. The first-order valence-corrected chi connectivity index (χ1v) is 6.90. The molecule has 0 saturated heterocycles. The lowest BCUT2D eigenvalue weighted by Gasteiger charge is -2.43. The predicted octanol–water partition coefficient (Wildman–Crippen LogP) is 1.58. The fraction of sp³-hybridized carbons (Fsp3) is 0.500. The molecule has 1 saturated carbocycles. The number of pyridine rings is 1. The maximum atomic E-state index is 12.4.